The minimum Gasteiger partial charge on any atom is -0.494 e. The smallest absolute Gasteiger partial charge is 0.289 e. The average Bonchev–Trinajstić information content (AvgIpc) is 2.92. The Morgan fingerprint density at radius 3 is 2.27 bits per heavy atom. The zero-order valence-corrected chi connectivity index (χ0v) is 21.4. The van der Waals surface area contributed by atoms with E-state index in [4.69, 9.17) is 9.47 Å². The molecule has 1 saturated heterocycles. The van der Waals surface area contributed by atoms with Gasteiger partial charge in [0.2, 0.25) is 5.88 Å². The molecule has 2 aromatic carbocycles. The molecule has 37 heavy (non-hydrogen) atoms. The molecule has 3 aromatic rings. The molecule has 1 aromatic heterocycles. The summed E-state index contributed by atoms with van der Waals surface area (Å²) in [7, 11) is 2.99. The zero-order valence-electron chi connectivity index (χ0n) is 21.4. The Balaban J connectivity index is 1.72. The summed E-state index contributed by atoms with van der Waals surface area (Å²) in [5.74, 6) is -0.0461. The summed E-state index contributed by atoms with van der Waals surface area (Å²) in [6.45, 7) is 2.81. The number of amides is 1. The lowest BCUT2D eigenvalue weighted by Crippen LogP contribution is -2.41. The van der Waals surface area contributed by atoms with Gasteiger partial charge in [-0.1, -0.05) is 31.5 Å². The molecule has 0 aliphatic carbocycles. The highest BCUT2D eigenvalue weighted by Gasteiger charge is 2.31. The number of hydrogen-bond acceptors (Lipinski definition) is 6. The van der Waals surface area contributed by atoms with E-state index >= 15 is 0 Å². The Labute approximate surface area is 215 Å². The van der Waals surface area contributed by atoms with Crippen molar-refractivity contribution in [3.05, 3.63) is 75.6 Å². The largest absolute Gasteiger partial charge is 0.494 e. The second kappa shape index (κ2) is 11.5. The van der Waals surface area contributed by atoms with Crippen molar-refractivity contribution >= 4 is 5.91 Å². The number of methoxy groups -OCH3 is 2. The molecule has 0 bridgehead atoms. The summed E-state index contributed by atoms with van der Waals surface area (Å²) < 4.78 is 25.8. The highest BCUT2D eigenvalue weighted by molar-refractivity contribution is 5.96. The Morgan fingerprint density at radius 2 is 1.70 bits per heavy atom. The van der Waals surface area contributed by atoms with Crippen LogP contribution in [0.5, 0.6) is 17.4 Å². The lowest BCUT2D eigenvalue weighted by molar-refractivity contribution is 0.0706. The standard InChI is InChI=1S/C28H32FN3O5/c1-4-5-9-23-30-26(33)24(28(35)32(23)25-21(36-2)7-6-8-22(25)37-3)27(34)31-16-14-19(15-17-31)18-10-12-20(29)13-11-18/h6-8,10-13,19,35H,4-5,9,14-17H2,1-3H3. The first-order chi connectivity index (χ1) is 17.9. The number of aromatic hydroxyl groups is 1. The van der Waals surface area contributed by atoms with E-state index in [0.717, 1.165) is 18.4 Å². The fraction of sp³-hybridized carbons (Fsp3) is 0.393. The zero-order chi connectivity index (χ0) is 26.5. The minimum absolute atomic E-state index is 0.183. The first kappa shape index (κ1) is 26.2. The van der Waals surface area contributed by atoms with Crippen LogP contribution in [0, 0.1) is 5.82 Å². The maximum absolute atomic E-state index is 13.5. The number of benzene rings is 2. The molecule has 0 spiro atoms. The second-order valence-corrected chi connectivity index (χ2v) is 9.10. The van der Waals surface area contributed by atoms with Crippen LogP contribution >= 0.6 is 0 Å². The van der Waals surface area contributed by atoms with Crippen molar-refractivity contribution in [2.45, 2.75) is 44.9 Å². The Bertz CT molecular complexity index is 1290. The van der Waals surface area contributed by atoms with Crippen LogP contribution in [0.15, 0.2) is 47.3 Å². The lowest BCUT2D eigenvalue weighted by Gasteiger charge is -2.32. The third kappa shape index (κ3) is 5.30. The van der Waals surface area contributed by atoms with Gasteiger partial charge in [-0.25, -0.2) is 4.39 Å². The van der Waals surface area contributed by atoms with Crippen LogP contribution in [0.2, 0.25) is 0 Å². The van der Waals surface area contributed by atoms with Gasteiger partial charge in [0.25, 0.3) is 11.5 Å². The Kier molecular flexibility index (Phi) is 8.11. The van der Waals surface area contributed by atoms with Gasteiger partial charge in [-0.3, -0.25) is 14.2 Å². The molecule has 1 N–H and O–H groups in total. The van der Waals surface area contributed by atoms with Crippen LogP contribution < -0.4 is 15.0 Å². The van der Waals surface area contributed by atoms with Gasteiger partial charge in [-0.05, 0) is 55.0 Å². The SMILES string of the molecule is CCCCc1nc(=O)c(C(=O)N2CCC(c3ccc(F)cc3)CC2)c(O)n1-c1c(OC)cccc1OC. The van der Waals surface area contributed by atoms with E-state index in [1.807, 2.05) is 6.92 Å². The van der Waals surface area contributed by atoms with E-state index in [1.54, 1.807) is 35.2 Å². The predicted octanol–water partition coefficient (Wildman–Crippen LogP) is 4.46. The maximum atomic E-state index is 13.5. The van der Waals surface area contributed by atoms with Gasteiger partial charge in [0.05, 0.1) is 14.2 Å². The number of carbonyl (C=O) groups excluding carboxylic acids is 1. The molecule has 8 nitrogen and oxygen atoms in total. The minimum atomic E-state index is -0.764. The molecule has 0 atom stereocenters. The van der Waals surface area contributed by atoms with Crippen molar-refractivity contribution in [1.82, 2.24) is 14.5 Å². The number of para-hydroxylation sites is 1. The van der Waals surface area contributed by atoms with E-state index in [2.05, 4.69) is 4.98 Å². The number of rotatable bonds is 8. The van der Waals surface area contributed by atoms with Crippen LogP contribution in [-0.4, -0.2) is 52.8 Å². The predicted molar refractivity (Wildman–Crippen MR) is 137 cm³/mol. The van der Waals surface area contributed by atoms with E-state index in [9.17, 15) is 19.1 Å². The number of nitrogens with zero attached hydrogens (tertiary/aromatic N) is 3. The Morgan fingerprint density at radius 1 is 1.08 bits per heavy atom. The number of piperidine rings is 1. The molecule has 1 aliphatic heterocycles. The van der Waals surface area contributed by atoms with E-state index < -0.39 is 17.3 Å². The highest BCUT2D eigenvalue weighted by atomic mass is 19.1. The summed E-state index contributed by atoms with van der Waals surface area (Å²) in [4.78, 5) is 32.4. The number of hydrogen-bond donors (Lipinski definition) is 1. The van der Waals surface area contributed by atoms with Gasteiger partial charge in [-0.15, -0.1) is 0 Å². The van der Waals surface area contributed by atoms with Crippen LogP contribution in [0.3, 0.4) is 0 Å². The monoisotopic (exact) mass is 509 g/mol. The van der Waals surface area contributed by atoms with Crippen molar-refractivity contribution in [2.24, 2.45) is 0 Å². The van der Waals surface area contributed by atoms with Crippen LogP contribution in [0.1, 0.15) is 60.3 Å². The first-order valence-electron chi connectivity index (χ1n) is 12.5. The summed E-state index contributed by atoms with van der Waals surface area (Å²) in [5.41, 5.74) is 0.240. The van der Waals surface area contributed by atoms with Crippen molar-refractivity contribution in [3.8, 4) is 23.1 Å². The lowest BCUT2D eigenvalue weighted by atomic mass is 9.89. The van der Waals surface area contributed by atoms with Gasteiger partial charge in [0.1, 0.15) is 28.8 Å². The van der Waals surface area contributed by atoms with Crippen molar-refractivity contribution in [3.63, 3.8) is 0 Å². The molecular formula is C28H32FN3O5. The van der Waals surface area contributed by atoms with Gasteiger partial charge in [0.15, 0.2) is 5.56 Å². The summed E-state index contributed by atoms with van der Waals surface area (Å²) in [6, 6.07) is 11.6. The number of ether oxygens (including phenoxy) is 2. The fourth-order valence-corrected chi connectivity index (χ4v) is 4.84. The number of likely N-dealkylation sites (tertiary alicyclic amines) is 1. The van der Waals surface area contributed by atoms with Crippen LogP contribution in [0.25, 0.3) is 5.69 Å². The molecule has 9 heteroatoms. The molecule has 1 fully saturated rings. The van der Waals surface area contributed by atoms with E-state index in [-0.39, 0.29) is 17.3 Å². The number of halogens is 1. The highest BCUT2D eigenvalue weighted by Crippen LogP contribution is 2.37. The van der Waals surface area contributed by atoms with E-state index in [1.165, 1.54) is 30.9 Å². The quantitative estimate of drug-likeness (QED) is 0.482. The van der Waals surface area contributed by atoms with Crippen LogP contribution in [-0.2, 0) is 6.42 Å². The molecule has 0 saturated carbocycles. The third-order valence-corrected chi connectivity index (χ3v) is 6.85. The second-order valence-electron chi connectivity index (χ2n) is 9.10. The number of aromatic nitrogens is 2. The molecule has 1 aliphatic rings. The number of unbranched alkanes of at least 4 members (excludes halogenated alkanes) is 1. The summed E-state index contributed by atoms with van der Waals surface area (Å²) in [6.07, 6.45) is 3.32. The molecule has 196 valence electrons. The average molecular weight is 510 g/mol. The third-order valence-electron chi connectivity index (χ3n) is 6.85. The topological polar surface area (TPSA) is 93.9 Å². The summed E-state index contributed by atoms with van der Waals surface area (Å²) in [5, 5.41) is 11.4. The molecule has 1 amide bonds. The Hall–Kier alpha value is -3.88. The van der Waals surface area contributed by atoms with Gasteiger partial charge in [-0.2, -0.15) is 4.98 Å². The molecular weight excluding hydrogens is 477 g/mol. The molecule has 0 unspecified atom stereocenters. The molecule has 2 heterocycles. The normalized spacial score (nSPS) is 14.0. The fourth-order valence-electron chi connectivity index (χ4n) is 4.84. The molecule has 0 radical (unpaired) electrons. The van der Waals surface area contributed by atoms with Gasteiger partial charge < -0.3 is 19.5 Å². The van der Waals surface area contributed by atoms with Gasteiger partial charge in [0, 0.05) is 19.5 Å². The maximum Gasteiger partial charge on any atom is 0.289 e. The number of aryl methyl sites for hydroxylation is 1. The first-order valence-corrected chi connectivity index (χ1v) is 12.5. The van der Waals surface area contributed by atoms with E-state index in [0.29, 0.717) is 55.4 Å². The van der Waals surface area contributed by atoms with Crippen molar-refractivity contribution in [2.75, 3.05) is 27.3 Å². The summed E-state index contributed by atoms with van der Waals surface area (Å²) >= 11 is 0. The van der Waals surface area contributed by atoms with Gasteiger partial charge >= 0.3 is 0 Å². The number of carbonyl (C=O) groups is 1. The van der Waals surface area contributed by atoms with Crippen molar-refractivity contribution in [1.29, 1.82) is 0 Å². The van der Waals surface area contributed by atoms with Crippen molar-refractivity contribution < 1.29 is 23.8 Å². The van der Waals surface area contributed by atoms with Crippen LogP contribution in [0.4, 0.5) is 4.39 Å². The molecule has 4 rings (SSSR count).